The summed E-state index contributed by atoms with van der Waals surface area (Å²) in [5, 5.41) is 0. The summed E-state index contributed by atoms with van der Waals surface area (Å²) in [7, 11) is 0. The van der Waals surface area contributed by atoms with Gasteiger partial charge in [-0.05, 0) is 57.3 Å². The van der Waals surface area contributed by atoms with E-state index in [1.165, 1.54) is 22.3 Å². The van der Waals surface area contributed by atoms with Crippen molar-refractivity contribution in [2.24, 2.45) is 0 Å². The number of pyridine rings is 2. The molecule has 38 heavy (non-hydrogen) atoms. The van der Waals surface area contributed by atoms with Crippen LogP contribution in [0, 0.1) is 0 Å². The molecule has 0 aliphatic carbocycles. The summed E-state index contributed by atoms with van der Waals surface area (Å²) in [4.78, 5) is 10.3. The van der Waals surface area contributed by atoms with E-state index in [9.17, 15) is 0 Å². The standard InChI is InChI=1S/C36H44N2/c1-33(2,3)25-15-11-17-27(23-25)35(7,8)31-21-13-19-29(37-31)30-20-14-22-32(38-30)36(9,10)28-18-12-16-26(24-28)34(4,5)6/h11-24H,1-10H3. The Labute approximate surface area is 230 Å². The van der Waals surface area contributed by atoms with Gasteiger partial charge in [0, 0.05) is 10.8 Å². The van der Waals surface area contributed by atoms with E-state index in [-0.39, 0.29) is 21.7 Å². The van der Waals surface area contributed by atoms with Crippen LogP contribution < -0.4 is 0 Å². The minimum atomic E-state index is -0.235. The number of nitrogens with zero attached hydrogens (tertiary/aromatic N) is 2. The predicted octanol–water partition coefficient (Wildman–Crippen LogP) is 9.39. The lowest BCUT2D eigenvalue weighted by Gasteiger charge is -2.29. The van der Waals surface area contributed by atoms with Gasteiger partial charge in [0.1, 0.15) is 0 Å². The van der Waals surface area contributed by atoms with Gasteiger partial charge in [-0.25, -0.2) is 0 Å². The van der Waals surface area contributed by atoms with Crippen molar-refractivity contribution in [2.45, 2.75) is 90.9 Å². The molecule has 0 radical (unpaired) electrons. The maximum Gasteiger partial charge on any atom is 0.0889 e. The molecular formula is C36H44N2. The first-order chi connectivity index (χ1) is 17.6. The normalized spacial score (nSPS) is 13.0. The molecule has 0 atom stereocenters. The molecule has 2 nitrogen and oxygen atoms in total. The molecule has 198 valence electrons. The van der Waals surface area contributed by atoms with Crippen LogP contribution in [0.1, 0.15) is 103 Å². The summed E-state index contributed by atoms with van der Waals surface area (Å²) in [5.41, 5.74) is 8.87. The monoisotopic (exact) mass is 504 g/mol. The molecule has 0 saturated carbocycles. The van der Waals surface area contributed by atoms with Crippen molar-refractivity contribution < 1.29 is 0 Å². The molecular weight excluding hydrogens is 460 g/mol. The molecule has 2 aromatic carbocycles. The second-order valence-electron chi connectivity index (χ2n) is 13.7. The van der Waals surface area contributed by atoms with Crippen molar-refractivity contribution in [2.75, 3.05) is 0 Å². The first kappa shape index (κ1) is 27.8. The number of hydrogen-bond donors (Lipinski definition) is 0. The lowest BCUT2D eigenvalue weighted by molar-refractivity contribution is 0.577. The van der Waals surface area contributed by atoms with E-state index in [1.54, 1.807) is 0 Å². The number of rotatable bonds is 5. The second kappa shape index (κ2) is 9.80. The van der Waals surface area contributed by atoms with Crippen molar-refractivity contribution in [1.82, 2.24) is 9.97 Å². The topological polar surface area (TPSA) is 25.8 Å². The van der Waals surface area contributed by atoms with Crippen LogP contribution in [-0.4, -0.2) is 9.97 Å². The molecule has 0 saturated heterocycles. The zero-order valence-electron chi connectivity index (χ0n) is 25.0. The van der Waals surface area contributed by atoms with E-state index < -0.39 is 0 Å². The number of aromatic nitrogens is 2. The zero-order valence-corrected chi connectivity index (χ0v) is 25.0. The molecule has 0 N–H and O–H groups in total. The van der Waals surface area contributed by atoms with Gasteiger partial charge in [0.2, 0.25) is 0 Å². The molecule has 2 heteroatoms. The maximum atomic E-state index is 5.16. The maximum absolute atomic E-state index is 5.16. The smallest absolute Gasteiger partial charge is 0.0889 e. The Balaban J connectivity index is 1.72. The third kappa shape index (κ3) is 5.60. The molecule has 0 bridgehead atoms. The highest BCUT2D eigenvalue weighted by atomic mass is 14.8. The van der Waals surface area contributed by atoms with E-state index in [0.717, 1.165) is 22.8 Å². The Morgan fingerprint density at radius 2 is 0.711 bits per heavy atom. The highest BCUT2D eigenvalue weighted by Gasteiger charge is 2.29. The minimum absolute atomic E-state index is 0.102. The quantitative estimate of drug-likeness (QED) is 0.270. The van der Waals surface area contributed by atoms with Gasteiger partial charge in [-0.2, -0.15) is 0 Å². The van der Waals surface area contributed by atoms with Crippen LogP contribution >= 0.6 is 0 Å². The molecule has 0 spiro atoms. The number of benzene rings is 2. The number of hydrogen-bond acceptors (Lipinski definition) is 2. The molecule has 0 amide bonds. The first-order valence-corrected chi connectivity index (χ1v) is 13.8. The molecule has 0 aliphatic heterocycles. The van der Waals surface area contributed by atoms with Crippen LogP contribution in [0.4, 0.5) is 0 Å². The van der Waals surface area contributed by atoms with Crippen molar-refractivity contribution in [3.05, 3.63) is 119 Å². The second-order valence-corrected chi connectivity index (χ2v) is 13.7. The molecule has 2 aromatic heterocycles. The van der Waals surface area contributed by atoms with Gasteiger partial charge in [0.05, 0.1) is 22.8 Å². The average Bonchev–Trinajstić information content (AvgIpc) is 2.88. The lowest BCUT2D eigenvalue weighted by Crippen LogP contribution is -2.23. The van der Waals surface area contributed by atoms with Gasteiger partial charge in [0.15, 0.2) is 0 Å². The highest BCUT2D eigenvalue weighted by Crippen LogP contribution is 2.36. The average molecular weight is 505 g/mol. The fourth-order valence-electron chi connectivity index (χ4n) is 4.90. The van der Waals surface area contributed by atoms with Crippen LogP contribution in [0.15, 0.2) is 84.9 Å². The molecule has 0 aliphatic rings. The third-order valence-electron chi connectivity index (χ3n) is 7.94. The van der Waals surface area contributed by atoms with Crippen LogP contribution in [0.2, 0.25) is 0 Å². The van der Waals surface area contributed by atoms with E-state index in [2.05, 4.69) is 154 Å². The van der Waals surface area contributed by atoms with Crippen LogP contribution in [0.25, 0.3) is 11.4 Å². The summed E-state index contributed by atoms with van der Waals surface area (Å²) in [5.74, 6) is 0. The summed E-state index contributed by atoms with van der Waals surface area (Å²) in [6, 6.07) is 30.5. The molecule has 4 rings (SSSR count). The van der Waals surface area contributed by atoms with Crippen molar-refractivity contribution in [3.63, 3.8) is 0 Å². The van der Waals surface area contributed by atoms with E-state index >= 15 is 0 Å². The SMILES string of the molecule is CC(C)(C)c1cccc(C(C)(C)c2cccc(-c3cccc(C(C)(C)c4cccc(C(C)(C)C)c4)n3)n2)c1. The largest absolute Gasteiger partial charge is 0.250 e. The first-order valence-electron chi connectivity index (χ1n) is 13.8. The Morgan fingerprint density at radius 1 is 0.395 bits per heavy atom. The van der Waals surface area contributed by atoms with E-state index in [1.807, 2.05) is 0 Å². The summed E-state index contributed by atoms with van der Waals surface area (Å²) in [6.07, 6.45) is 0. The van der Waals surface area contributed by atoms with Crippen molar-refractivity contribution in [3.8, 4) is 11.4 Å². The zero-order chi connectivity index (χ0) is 27.9. The van der Waals surface area contributed by atoms with Crippen molar-refractivity contribution in [1.29, 1.82) is 0 Å². The van der Waals surface area contributed by atoms with Gasteiger partial charge in [-0.3, -0.25) is 9.97 Å². The molecule has 0 fully saturated rings. The lowest BCUT2D eigenvalue weighted by atomic mass is 9.77. The van der Waals surface area contributed by atoms with Gasteiger partial charge in [-0.15, -0.1) is 0 Å². The highest BCUT2D eigenvalue weighted by molar-refractivity contribution is 5.56. The molecule has 0 unspecified atom stereocenters. The summed E-state index contributed by atoms with van der Waals surface area (Å²) in [6.45, 7) is 22.6. The Bertz CT molecular complexity index is 1320. The van der Waals surface area contributed by atoms with Crippen LogP contribution in [0.3, 0.4) is 0 Å². The van der Waals surface area contributed by atoms with Gasteiger partial charge in [-0.1, -0.05) is 130 Å². The molecule has 2 heterocycles. The Kier molecular flexibility index (Phi) is 7.16. The van der Waals surface area contributed by atoms with Crippen LogP contribution in [-0.2, 0) is 21.7 Å². The summed E-state index contributed by atoms with van der Waals surface area (Å²) < 4.78 is 0. The van der Waals surface area contributed by atoms with Gasteiger partial charge < -0.3 is 0 Å². The van der Waals surface area contributed by atoms with Gasteiger partial charge >= 0.3 is 0 Å². The Morgan fingerprint density at radius 3 is 1.05 bits per heavy atom. The summed E-state index contributed by atoms with van der Waals surface area (Å²) >= 11 is 0. The Hall–Kier alpha value is -3.26. The third-order valence-corrected chi connectivity index (χ3v) is 7.94. The fourth-order valence-corrected chi connectivity index (χ4v) is 4.90. The van der Waals surface area contributed by atoms with Crippen LogP contribution in [0.5, 0.6) is 0 Å². The van der Waals surface area contributed by atoms with E-state index in [0.29, 0.717) is 0 Å². The minimum Gasteiger partial charge on any atom is -0.250 e. The molecule has 4 aromatic rings. The fraction of sp³-hybridized carbons (Fsp3) is 0.389. The predicted molar refractivity (Wildman–Crippen MR) is 162 cm³/mol. The van der Waals surface area contributed by atoms with E-state index in [4.69, 9.17) is 9.97 Å². The van der Waals surface area contributed by atoms with Gasteiger partial charge in [0.25, 0.3) is 0 Å². The van der Waals surface area contributed by atoms with Crippen molar-refractivity contribution >= 4 is 0 Å².